The van der Waals surface area contributed by atoms with Crippen LogP contribution in [0.5, 0.6) is 5.75 Å². The molecule has 4 aliphatic rings. The quantitative estimate of drug-likeness (QED) is 0.550. The minimum Gasteiger partial charge on any atom is -0.481 e. The zero-order chi connectivity index (χ0) is 24.8. The minimum atomic E-state index is -1.05. The molecular formula is C28H32N2O5. The van der Waals surface area contributed by atoms with Gasteiger partial charge in [0, 0.05) is 23.7 Å². The van der Waals surface area contributed by atoms with Gasteiger partial charge in [-0.15, -0.1) is 0 Å². The monoisotopic (exact) mass is 476 g/mol. The van der Waals surface area contributed by atoms with Crippen LogP contribution in [0, 0.1) is 17.3 Å². The van der Waals surface area contributed by atoms with Gasteiger partial charge in [0.15, 0.2) is 6.10 Å². The molecule has 0 saturated heterocycles. The number of rotatable bonds is 7. The van der Waals surface area contributed by atoms with Crippen molar-refractivity contribution in [3.8, 4) is 5.75 Å². The smallest absolute Gasteiger partial charge is 0.335 e. The second-order valence-electron chi connectivity index (χ2n) is 10.7. The van der Waals surface area contributed by atoms with Gasteiger partial charge in [-0.2, -0.15) is 0 Å². The Morgan fingerprint density at radius 3 is 2.43 bits per heavy atom. The van der Waals surface area contributed by atoms with Crippen LogP contribution in [-0.2, 0) is 15.0 Å². The van der Waals surface area contributed by atoms with E-state index in [1.54, 1.807) is 26.1 Å². The molecule has 7 heteroatoms. The summed E-state index contributed by atoms with van der Waals surface area (Å²) < 4.78 is 6.24. The van der Waals surface area contributed by atoms with E-state index in [1.165, 1.54) is 18.6 Å². The SMILES string of the molecule is CNC(=O)C12CC3CC(C1)CC(c1ccccc1OC(C)C(=O)Nc1cccc(C(=O)O)c1)(C3)C2. The van der Waals surface area contributed by atoms with Crippen LogP contribution in [0.1, 0.15) is 61.4 Å². The molecule has 184 valence electrons. The fraction of sp³-hybridized carbons (Fsp3) is 0.464. The number of carbonyl (C=O) groups excluding carboxylic acids is 2. The van der Waals surface area contributed by atoms with Gasteiger partial charge in [-0.25, -0.2) is 4.79 Å². The van der Waals surface area contributed by atoms with Crippen LogP contribution >= 0.6 is 0 Å². The lowest BCUT2D eigenvalue weighted by molar-refractivity contribution is -0.148. The van der Waals surface area contributed by atoms with E-state index in [9.17, 15) is 19.5 Å². The molecule has 4 aliphatic carbocycles. The first kappa shape index (κ1) is 23.4. The predicted molar refractivity (Wildman–Crippen MR) is 131 cm³/mol. The minimum absolute atomic E-state index is 0.105. The van der Waals surface area contributed by atoms with E-state index in [-0.39, 0.29) is 28.2 Å². The Morgan fingerprint density at radius 2 is 1.74 bits per heavy atom. The van der Waals surface area contributed by atoms with Crippen molar-refractivity contribution in [3.63, 3.8) is 0 Å². The summed E-state index contributed by atoms with van der Waals surface area (Å²) in [6.45, 7) is 1.69. The van der Waals surface area contributed by atoms with Crippen LogP contribution in [-0.4, -0.2) is 36.0 Å². The van der Waals surface area contributed by atoms with Gasteiger partial charge < -0.3 is 20.5 Å². The molecule has 3 atom stereocenters. The fourth-order valence-corrected chi connectivity index (χ4v) is 7.33. The molecule has 0 spiro atoms. The zero-order valence-corrected chi connectivity index (χ0v) is 20.2. The van der Waals surface area contributed by atoms with Crippen LogP contribution in [0.2, 0.25) is 0 Å². The van der Waals surface area contributed by atoms with Crippen LogP contribution in [0.15, 0.2) is 48.5 Å². The number of ether oxygens (including phenoxy) is 1. The van der Waals surface area contributed by atoms with Gasteiger partial charge in [-0.05, 0) is 81.5 Å². The van der Waals surface area contributed by atoms with E-state index in [2.05, 4.69) is 16.7 Å². The molecule has 6 rings (SSSR count). The molecule has 4 fully saturated rings. The number of benzene rings is 2. The second kappa shape index (κ2) is 8.70. The standard InChI is InChI=1S/C28H32N2O5/c1-17(24(31)30-21-7-5-6-20(11-21)25(32)33)35-23-9-4-3-8-22(23)27-12-18-10-19(13-27)15-28(14-18,16-27)26(34)29-2/h3-9,11,17-19H,10,12-16H2,1-2H3,(H,29,34)(H,30,31)(H,32,33). The van der Waals surface area contributed by atoms with E-state index >= 15 is 0 Å². The first-order valence-corrected chi connectivity index (χ1v) is 12.4. The van der Waals surface area contributed by atoms with Gasteiger partial charge >= 0.3 is 5.97 Å². The summed E-state index contributed by atoms with van der Waals surface area (Å²) in [6.07, 6.45) is 5.24. The molecule has 7 nitrogen and oxygen atoms in total. The first-order valence-electron chi connectivity index (χ1n) is 12.4. The topological polar surface area (TPSA) is 105 Å². The number of hydrogen-bond donors (Lipinski definition) is 3. The van der Waals surface area contributed by atoms with E-state index in [1.807, 2.05) is 18.2 Å². The van der Waals surface area contributed by atoms with Gasteiger partial charge in [-0.1, -0.05) is 24.3 Å². The van der Waals surface area contributed by atoms with Gasteiger partial charge in [0.1, 0.15) is 5.75 Å². The van der Waals surface area contributed by atoms with Gasteiger partial charge in [-0.3, -0.25) is 9.59 Å². The Morgan fingerprint density at radius 1 is 1.03 bits per heavy atom. The van der Waals surface area contributed by atoms with E-state index in [0.29, 0.717) is 23.3 Å². The molecule has 0 radical (unpaired) electrons. The molecule has 2 aromatic rings. The van der Waals surface area contributed by atoms with Crippen LogP contribution in [0.3, 0.4) is 0 Å². The maximum atomic E-state index is 13.0. The Balaban J connectivity index is 1.38. The Bertz CT molecular complexity index is 1160. The number of amides is 2. The predicted octanol–water partition coefficient (Wildman–Crippen LogP) is 4.37. The third kappa shape index (κ3) is 4.17. The third-order valence-electron chi connectivity index (χ3n) is 8.28. The summed E-state index contributed by atoms with van der Waals surface area (Å²) in [5, 5.41) is 14.9. The van der Waals surface area contributed by atoms with Crippen molar-refractivity contribution < 1.29 is 24.2 Å². The average Bonchev–Trinajstić information content (AvgIpc) is 2.83. The van der Waals surface area contributed by atoms with Crippen molar-refractivity contribution in [1.29, 1.82) is 0 Å². The van der Waals surface area contributed by atoms with Gasteiger partial charge in [0.2, 0.25) is 5.91 Å². The maximum absolute atomic E-state index is 13.0. The summed E-state index contributed by atoms with van der Waals surface area (Å²) in [5.74, 6) is 0.501. The average molecular weight is 477 g/mol. The first-order chi connectivity index (χ1) is 16.7. The Labute approximate surface area is 205 Å². The number of carbonyl (C=O) groups is 3. The summed E-state index contributed by atoms with van der Waals surface area (Å²) in [5.41, 5.74) is 1.17. The highest BCUT2D eigenvalue weighted by Gasteiger charge is 2.61. The molecular weight excluding hydrogens is 444 g/mol. The van der Waals surface area contributed by atoms with E-state index < -0.39 is 12.1 Å². The molecule has 3 N–H and O–H groups in total. The van der Waals surface area contributed by atoms with Gasteiger partial charge in [0.05, 0.1) is 11.0 Å². The number of anilines is 1. The van der Waals surface area contributed by atoms with Crippen molar-refractivity contribution in [3.05, 3.63) is 59.7 Å². The van der Waals surface area contributed by atoms with Crippen LogP contribution in [0.4, 0.5) is 5.69 Å². The molecule has 4 saturated carbocycles. The molecule has 2 amide bonds. The number of para-hydroxylation sites is 1. The molecule has 4 bridgehead atoms. The Kier molecular flexibility index (Phi) is 5.82. The maximum Gasteiger partial charge on any atom is 0.335 e. The van der Waals surface area contributed by atoms with Crippen molar-refractivity contribution in [2.75, 3.05) is 12.4 Å². The lowest BCUT2D eigenvalue weighted by Gasteiger charge is -2.61. The van der Waals surface area contributed by atoms with Crippen LogP contribution < -0.4 is 15.4 Å². The highest BCUT2D eigenvalue weighted by atomic mass is 16.5. The van der Waals surface area contributed by atoms with Crippen molar-refractivity contribution >= 4 is 23.5 Å². The molecule has 35 heavy (non-hydrogen) atoms. The summed E-state index contributed by atoms with van der Waals surface area (Å²) in [7, 11) is 1.73. The molecule has 3 unspecified atom stereocenters. The molecule has 0 heterocycles. The van der Waals surface area contributed by atoms with Crippen molar-refractivity contribution in [1.82, 2.24) is 5.32 Å². The van der Waals surface area contributed by atoms with Crippen molar-refractivity contribution in [2.24, 2.45) is 17.3 Å². The summed E-state index contributed by atoms with van der Waals surface area (Å²) in [4.78, 5) is 37.1. The highest BCUT2D eigenvalue weighted by Crippen LogP contribution is 2.66. The lowest BCUT2D eigenvalue weighted by Crippen LogP contribution is -2.58. The number of hydrogen-bond acceptors (Lipinski definition) is 4. The number of carboxylic acid groups (broad SMARTS) is 1. The number of aromatic carboxylic acids is 1. The van der Waals surface area contributed by atoms with E-state index in [0.717, 1.165) is 37.7 Å². The fourth-order valence-electron chi connectivity index (χ4n) is 7.33. The second-order valence-corrected chi connectivity index (χ2v) is 10.7. The third-order valence-corrected chi connectivity index (χ3v) is 8.28. The lowest BCUT2D eigenvalue weighted by atomic mass is 9.42. The largest absolute Gasteiger partial charge is 0.481 e. The van der Waals surface area contributed by atoms with Crippen LogP contribution in [0.25, 0.3) is 0 Å². The van der Waals surface area contributed by atoms with Crippen molar-refractivity contribution in [2.45, 2.75) is 57.0 Å². The zero-order valence-electron chi connectivity index (χ0n) is 20.2. The normalized spacial score (nSPS) is 29.3. The number of carboxylic acids is 1. The summed E-state index contributed by atoms with van der Waals surface area (Å²) in [6, 6.07) is 14.1. The van der Waals surface area contributed by atoms with E-state index in [4.69, 9.17) is 4.74 Å². The number of nitrogens with one attached hydrogen (secondary N) is 2. The molecule has 2 aromatic carbocycles. The molecule has 0 aliphatic heterocycles. The molecule has 0 aromatic heterocycles. The Hall–Kier alpha value is -3.35. The summed E-state index contributed by atoms with van der Waals surface area (Å²) >= 11 is 0. The highest BCUT2D eigenvalue weighted by molar-refractivity contribution is 5.96. The van der Waals surface area contributed by atoms with Gasteiger partial charge in [0.25, 0.3) is 5.91 Å².